The van der Waals surface area contributed by atoms with E-state index in [2.05, 4.69) is 20.5 Å². The summed E-state index contributed by atoms with van der Waals surface area (Å²) in [6, 6.07) is 10.8. The minimum Gasteiger partial charge on any atom is -0.493 e. The van der Waals surface area contributed by atoms with E-state index in [0.29, 0.717) is 68.3 Å². The molecule has 9 nitrogen and oxygen atoms in total. The van der Waals surface area contributed by atoms with Gasteiger partial charge in [-0.3, -0.25) is 9.78 Å². The van der Waals surface area contributed by atoms with Crippen LogP contribution in [0.5, 0.6) is 5.75 Å². The lowest BCUT2D eigenvalue weighted by Crippen LogP contribution is -2.28. The van der Waals surface area contributed by atoms with Crippen LogP contribution in [0.4, 0.5) is 23.4 Å². The number of anilines is 1. The highest BCUT2D eigenvalue weighted by Gasteiger charge is 2.50. The molecule has 9 rings (SSSR count). The Hall–Kier alpha value is -5.37. The highest BCUT2D eigenvalue weighted by Crippen LogP contribution is 2.52. The number of methoxy groups -OCH3 is 1. The van der Waals surface area contributed by atoms with Crippen LogP contribution in [-0.2, 0) is 19.3 Å². The standard InChI is InChI=1S/C38H30F4N6O3S/c1-18-46-47-36(51-18)28-25(12-7-19-5-8-21(39)9-6-19)44-31-26-4-3-15-48(26)37(49)30(31)29(28)27-16-20-13-14-43-35(33(20)52-27)45-34-22-10-11-24(40)32(50-2)23(22)17-38(34,41)42/h5-6,8-11,13-14,16,26,34H,3-4,7,12,15,17H2,1-2H3,(H,43,45)/t26?,34-/m1/s1. The first kappa shape index (κ1) is 32.5. The second-order valence-corrected chi connectivity index (χ2v) is 14.4. The number of carbonyl (C=O) groups excluding carboxylic acids is 1. The number of aromatic nitrogens is 4. The summed E-state index contributed by atoms with van der Waals surface area (Å²) in [5.74, 6) is -3.87. The number of nitrogens with zero attached hydrogens (tertiary/aromatic N) is 5. The molecule has 4 aromatic heterocycles. The quantitative estimate of drug-likeness (QED) is 0.156. The molecule has 1 aliphatic carbocycles. The fraction of sp³-hybridized carbons (Fsp3) is 0.289. The third kappa shape index (κ3) is 5.13. The molecule has 3 aliphatic rings. The van der Waals surface area contributed by atoms with E-state index in [0.717, 1.165) is 24.5 Å². The average molecular weight is 727 g/mol. The van der Waals surface area contributed by atoms with Gasteiger partial charge in [0.15, 0.2) is 11.6 Å². The monoisotopic (exact) mass is 726 g/mol. The Morgan fingerprint density at radius 3 is 2.65 bits per heavy atom. The van der Waals surface area contributed by atoms with Crippen LogP contribution in [0.3, 0.4) is 0 Å². The number of hydrogen-bond acceptors (Lipinski definition) is 9. The average Bonchev–Trinajstić information content (AvgIpc) is 3.95. The smallest absolute Gasteiger partial charge is 0.276 e. The maximum absolute atomic E-state index is 15.7. The van der Waals surface area contributed by atoms with E-state index >= 15 is 8.78 Å². The topological polar surface area (TPSA) is 106 Å². The Morgan fingerprint density at radius 2 is 1.88 bits per heavy atom. The van der Waals surface area contributed by atoms with Gasteiger partial charge in [-0.15, -0.1) is 21.5 Å². The molecule has 52 heavy (non-hydrogen) atoms. The van der Waals surface area contributed by atoms with Crippen molar-refractivity contribution in [2.45, 2.75) is 57.0 Å². The van der Waals surface area contributed by atoms with Gasteiger partial charge in [0.2, 0.25) is 11.8 Å². The van der Waals surface area contributed by atoms with Crippen LogP contribution in [0.25, 0.3) is 32.0 Å². The van der Waals surface area contributed by atoms with Crippen LogP contribution in [0.2, 0.25) is 0 Å². The zero-order valence-electron chi connectivity index (χ0n) is 28.0. The van der Waals surface area contributed by atoms with Gasteiger partial charge in [0, 0.05) is 42.1 Å². The molecule has 6 heterocycles. The number of fused-ring (bicyclic) bond motifs is 5. The highest BCUT2D eigenvalue weighted by atomic mass is 32.1. The number of nitrogens with one attached hydrogen (secondary N) is 1. The molecule has 0 radical (unpaired) electrons. The summed E-state index contributed by atoms with van der Waals surface area (Å²) < 4.78 is 71.3. The van der Waals surface area contributed by atoms with E-state index in [4.69, 9.17) is 14.1 Å². The Labute approximate surface area is 298 Å². The molecule has 264 valence electrons. The first-order valence-electron chi connectivity index (χ1n) is 16.9. The summed E-state index contributed by atoms with van der Waals surface area (Å²) in [7, 11) is 1.26. The molecule has 0 spiro atoms. The minimum atomic E-state index is -3.26. The van der Waals surface area contributed by atoms with Crippen molar-refractivity contribution >= 4 is 33.1 Å². The fourth-order valence-corrected chi connectivity index (χ4v) is 9.05. The van der Waals surface area contributed by atoms with Crippen LogP contribution in [0.15, 0.2) is 59.1 Å². The third-order valence-corrected chi connectivity index (χ3v) is 11.4. The zero-order chi connectivity index (χ0) is 35.9. The predicted molar refractivity (Wildman–Crippen MR) is 186 cm³/mol. The molecule has 2 atom stereocenters. The molecule has 6 aromatic rings. The number of aryl methyl sites for hydroxylation is 3. The van der Waals surface area contributed by atoms with Crippen molar-refractivity contribution in [1.29, 1.82) is 0 Å². The summed E-state index contributed by atoms with van der Waals surface area (Å²) in [5, 5.41) is 12.2. The molecule has 0 saturated carbocycles. The van der Waals surface area contributed by atoms with Crippen LogP contribution in [-0.4, -0.2) is 50.5 Å². The van der Waals surface area contributed by atoms with Gasteiger partial charge in [0.1, 0.15) is 17.7 Å². The van der Waals surface area contributed by atoms with Crippen LogP contribution < -0.4 is 10.1 Å². The lowest BCUT2D eigenvalue weighted by Gasteiger charge is -2.22. The van der Waals surface area contributed by atoms with Gasteiger partial charge < -0.3 is 19.4 Å². The summed E-state index contributed by atoms with van der Waals surface area (Å²) in [6.45, 7) is 2.29. The van der Waals surface area contributed by atoms with Gasteiger partial charge in [-0.1, -0.05) is 18.2 Å². The van der Waals surface area contributed by atoms with Gasteiger partial charge in [-0.25, -0.2) is 22.5 Å². The number of ether oxygens (including phenoxy) is 1. The van der Waals surface area contributed by atoms with E-state index < -0.39 is 24.2 Å². The normalized spacial score (nSPS) is 18.6. The molecular formula is C38H30F4N6O3S. The van der Waals surface area contributed by atoms with E-state index in [1.807, 2.05) is 11.0 Å². The molecule has 0 bridgehead atoms. The maximum Gasteiger partial charge on any atom is 0.276 e. The van der Waals surface area contributed by atoms with Crippen LogP contribution >= 0.6 is 11.3 Å². The molecule has 1 N–H and O–H groups in total. The number of amides is 1. The summed E-state index contributed by atoms with van der Waals surface area (Å²) in [5.41, 5.74) is 4.16. The van der Waals surface area contributed by atoms with E-state index in [-0.39, 0.29) is 46.4 Å². The Bertz CT molecular complexity index is 2410. The molecule has 1 fully saturated rings. The minimum absolute atomic E-state index is 0.114. The number of rotatable bonds is 8. The number of alkyl halides is 2. The zero-order valence-corrected chi connectivity index (χ0v) is 28.8. The van der Waals surface area contributed by atoms with Crippen molar-refractivity contribution < 1.29 is 31.5 Å². The highest BCUT2D eigenvalue weighted by molar-refractivity contribution is 7.23. The van der Waals surface area contributed by atoms with Crippen molar-refractivity contribution in [3.63, 3.8) is 0 Å². The molecule has 2 aliphatic heterocycles. The predicted octanol–water partition coefficient (Wildman–Crippen LogP) is 8.42. The molecule has 1 unspecified atom stereocenters. The van der Waals surface area contributed by atoms with Crippen molar-refractivity contribution in [3.8, 4) is 27.6 Å². The fourth-order valence-electron chi connectivity index (χ4n) is 7.88. The van der Waals surface area contributed by atoms with E-state index in [1.54, 1.807) is 25.1 Å². The van der Waals surface area contributed by atoms with Gasteiger partial charge in [-0.05, 0) is 72.5 Å². The van der Waals surface area contributed by atoms with Gasteiger partial charge in [0.25, 0.3) is 11.8 Å². The van der Waals surface area contributed by atoms with Crippen molar-refractivity contribution in [2.24, 2.45) is 0 Å². The second-order valence-electron chi connectivity index (χ2n) is 13.3. The van der Waals surface area contributed by atoms with E-state index in [1.165, 1.54) is 42.8 Å². The number of carbonyl (C=O) groups is 1. The van der Waals surface area contributed by atoms with E-state index in [9.17, 15) is 13.6 Å². The number of pyridine rings is 2. The van der Waals surface area contributed by atoms with Gasteiger partial charge >= 0.3 is 0 Å². The van der Waals surface area contributed by atoms with Crippen molar-refractivity contribution in [3.05, 3.63) is 106 Å². The van der Waals surface area contributed by atoms with Crippen LogP contribution in [0.1, 0.15) is 69.3 Å². The van der Waals surface area contributed by atoms with Gasteiger partial charge in [0.05, 0.1) is 40.4 Å². The summed E-state index contributed by atoms with van der Waals surface area (Å²) in [4.78, 5) is 26.4. The first-order chi connectivity index (χ1) is 25.1. The summed E-state index contributed by atoms with van der Waals surface area (Å²) in [6.07, 6.45) is 3.45. The van der Waals surface area contributed by atoms with Crippen LogP contribution in [0, 0.1) is 18.6 Å². The molecule has 1 amide bonds. The molecule has 14 heteroatoms. The maximum atomic E-state index is 15.7. The molecule has 2 aromatic carbocycles. The Kier molecular flexibility index (Phi) is 7.58. The Balaban J connectivity index is 1.21. The van der Waals surface area contributed by atoms with Crippen molar-refractivity contribution in [1.82, 2.24) is 25.1 Å². The molecular weight excluding hydrogens is 697 g/mol. The number of halogens is 4. The SMILES string of the molecule is COc1c(F)ccc2c1CC(F)(F)[C@@H]2Nc1nccc2cc(-c3c4c(nc(CCc5ccc(F)cc5)c3-c3nnc(C)o3)C3CCCN3C4=O)sc12. The third-order valence-electron chi connectivity index (χ3n) is 10.2. The number of thiophene rings is 1. The molecule has 1 saturated heterocycles. The number of benzene rings is 2. The van der Waals surface area contributed by atoms with Crippen molar-refractivity contribution in [2.75, 3.05) is 19.0 Å². The Morgan fingerprint density at radius 1 is 1.06 bits per heavy atom. The lowest BCUT2D eigenvalue weighted by atomic mass is 9.93. The second kappa shape index (κ2) is 12.1. The van der Waals surface area contributed by atoms with Gasteiger partial charge in [-0.2, -0.15) is 0 Å². The summed E-state index contributed by atoms with van der Waals surface area (Å²) >= 11 is 1.30. The first-order valence-corrected chi connectivity index (χ1v) is 17.7. The lowest BCUT2D eigenvalue weighted by molar-refractivity contribution is -0.00736. The number of hydrogen-bond donors (Lipinski definition) is 1. The largest absolute Gasteiger partial charge is 0.493 e.